The molecule has 0 atom stereocenters. The van der Waals surface area contributed by atoms with Crippen LogP contribution in [0.2, 0.25) is 0 Å². The van der Waals surface area contributed by atoms with Gasteiger partial charge in [-0.2, -0.15) is 22.1 Å². The van der Waals surface area contributed by atoms with E-state index in [-0.39, 0.29) is 17.0 Å². The Hall–Kier alpha value is -2.83. The third-order valence-corrected chi connectivity index (χ3v) is 3.95. The monoisotopic (exact) mass is 349 g/mol. The number of rotatable bonds is 3. The molecule has 2 heterocycles. The fourth-order valence-corrected chi connectivity index (χ4v) is 2.83. The lowest BCUT2D eigenvalue weighted by Crippen LogP contribution is -2.40. The molecule has 0 aliphatic carbocycles. The number of benzene rings is 1. The maximum absolute atomic E-state index is 13.0. The van der Waals surface area contributed by atoms with Crippen molar-refractivity contribution < 1.29 is 22.8 Å². The molecule has 0 radical (unpaired) electrons. The number of fused-ring (bicyclic) bond motifs is 1. The molecule has 0 amide bonds. The minimum absolute atomic E-state index is 0.0282. The van der Waals surface area contributed by atoms with Crippen LogP contribution in [0.15, 0.2) is 53.5 Å². The molecule has 0 fully saturated rings. The van der Waals surface area contributed by atoms with Gasteiger partial charge in [0.05, 0.1) is 18.3 Å². The average molecular weight is 349 g/mol. The van der Waals surface area contributed by atoms with E-state index in [1.807, 2.05) is 6.92 Å². The van der Waals surface area contributed by atoms with Crippen LogP contribution in [-0.4, -0.2) is 9.51 Å². The van der Waals surface area contributed by atoms with E-state index in [1.165, 1.54) is 27.3 Å². The second kappa shape index (κ2) is 6.23. The number of aryl methyl sites for hydroxylation is 1. The summed E-state index contributed by atoms with van der Waals surface area (Å²) in [5, 5.41) is 10.6. The zero-order valence-corrected chi connectivity index (χ0v) is 13.4. The lowest BCUT2D eigenvalue weighted by atomic mass is 10.0. The van der Waals surface area contributed by atoms with Crippen molar-refractivity contribution in [3.05, 3.63) is 64.6 Å². The van der Waals surface area contributed by atoms with Gasteiger partial charge in [-0.3, -0.25) is 0 Å². The van der Waals surface area contributed by atoms with Crippen LogP contribution in [0.3, 0.4) is 0 Å². The van der Waals surface area contributed by atoms with Crippen molar-refractivity contribution in [2.45, 2.75) is 26.1 Å². The van der Waals surface area contributed by atoms with E-state index in [0.717, 1.165) is 12.1 Å². The Balaban J connectivity index is 2.36. The van der Waals surface area contributed by atoms with Crippen molar-refractivity contribution in [1.29, 1.82) is 0 Å². The number of aromatic hydroxyl groups is 1. The van der Waals surface area contributed by atoms with Crippen LogP contribution in [0, 0.1) is 0 Å². The third kappa shape index (κ3) is 2.97. The molecular weight excluding hydrogens is 333 g/mol. The Morgan fingerprint density at radius 2 is 1.92 bits per heavy atom. The Morgan fingerprint density at radius 3 is 2.60 bits per heavy atom. The number of aromatic nitrogens is 2. The Labute approximate surface area is 141 Å². The van der Waals surface area contributed by atoms with Gasteiger partial charge in [0.25, 0.3) is 11.5 Å². The molecule has 0 aliphatic rings. The fraction of sp³-hybridized carbons (Fsp3) is 0.222. The van der Waals surface area contributed by atoms with Crippen molar-refractivity contribution >= 4 is 5.65 Å². The standard InChI is InChI=1S/C18H15F3N2O2/c1-2-9-22-14-8-3-4-10-23(14)17(25)15(16(22)24)12-6-5-7-13(11-12)18(19,20)21/h3-8,10-11H,2,9H2,1H3/p+1. The zero-order valence-electron chi connectivity index (χ0n) is 13.4. The van der Waals surface area contributed by atoms with Gasteiger partial charge in [0.2, 0.25) is 0 Å². The van der Waals surface area contributed by atoms with Gasteiger partial charge >= 0.3 is 11.7 Å². The molecule has 3 aromatic rings. The van der Waals surface area contributed by atoms with Gasteiger partial charge in [-0.15, -0.1) is 0 Å². The van der Waals surface area contributed by atoms with Gasteiger partial charge in [-0.05, 0) is 30.2 Å². The van der Waals surface area contributed by atoms with E-state index in [0.29, 0.717) is 18.6 Å². The highest BCUT2D eigenvalue weighted by Gasteiger charge is 2.32. The van der Waals surface area contributed by atoms with Crippen LogP contribution in [0.1, 0.15) is 18.9 Å². The molecule has 0 unspecified atom stereocenters. The topological polar surface area (TPSA) is 45.6 Å². The summed E-state index contributed by atoms with van der Waals surface area (Å²) in [5.74, 6) is -0.336. The maximum atomic E-state index is 13.0. The van der Waals surface area contributed by atoms with E-state index in [2.05, 4.69) is 0 Å². The van der Waals surface area contributed by atoms with Gasteiger partial charge in [0.1, 0.15) is 0 Å². The first-order valence-corrected chi connectivity index (χ1v) is 7.78. The summed E-state index contributed by atoms with van der Waals surface area (Å²) in [6.45, 7) is 2.33. The fourth-order valence-electron chi connectivity index (χ4n) is 2.83. The number of hydrogen-bond donors (Lipinski definition) is 1. The van der Waals surface area contributed by atoms with Gasteiger partial charge in [0, 0.05) is 6.07 Å². The summed E-state index contributed by atoms with van der Waals surface area (Å²) in [7, 11) is 0. The largest absolute Gasteiger partial charge is 0.477 e. The molecule has 0 spiro atoms. The van der Waals surface area contributed by atoms with E-state index in [1.54, 1.807) is 18.2 Å². The Kier molecular flexibility index (Phi) is 4.24. The van der Waals surface area contributed by atoms with Crippen LogP contribution in [0.25, 0.3) is 16.8 Å². The van der Waals surface area contributed by atoms with E-state index >= 15 is 0 Å². The first-order valence-electron chi connectivity index (χ1n) is 7.78. The molecule has 1 N–H and O–H groups in total. The van der Waals surface area contributed by atoms with Gasteiger partial charge in [0.15, 0.2) is 5.56 Å². The van der Waals surface area contributed by atoms with Crippen LogP contribution in [0.4, 0.5) is 13.2 Å². The molecule has 130 valence electrons. The number of halogens is 3. The minimum atomic E-state index is -4.53. The molecule has 1 aromatic carbocycles. The quantitative estimate of drug-likeness (QED) is 0.737. The molecule has 0 aliphatic heterocycles. The number of pyridine rings is 1. The number of hydrogen-bond acceptors (Lipinski definition) is 2. The summed E-state index contributed by atoms with van der Waals surface area (Å²) < 4.78 is 41.8. The average Bonchev–Trinajstić information content (AvgIpc) is 2.58. The number of nitrogens with zero attached hydrogens (tertiary/aromatic N) is 2. The minimum Gasteiger partial charge on any atom is -0.477 e. The van der Waals surface area contributed by atoms with Crippen molar-refractivity contribution in [3.8, 4) is 17.0 Å². The first kappa shape index (κ1) is 17.0. The second-order valence-corrected chi connectivity index (χ2v) is 5.66. The van der Waals surface area contributed by atoms with Crippen molar-refractivity contribution in [3.63, 3.8) is 0 Å². The van der Waals surface area contributed by atoms with E-state index in [4.69, 9.17) is 0 Å². The highest BCUT2D eigenvalue weighted by Crippen LogP contribution is 2.32. The molecule has 0 saturated carbocycles. The normalized spacial score (nSPS) is 11.8. The summed E-state index contributed by atoms with van der Waals surface area (Å²) in [5.41, 5.74) is -1.09. The molecule has 3 rings (SSSR count). The van der Waals surface area contributed by atoms with Crippen molar-refractivity contribution in [1.82, 2.24) is 4.40 Å². The van der Waals surface area contributed by atoms with Crippen molar-refractivity contribution in [2.75, 3.05) is 0 Å². The molecule has 25 heavy (non-hydrogen) atoms. The molecule has 0 bridgehead atoms. The molecule has 7 heteroatoms. The lowest BCUT2D eigenvalue weighted by molar-refractivity contribution is -0.680. The summed E-state index contributed by atoms with van der Waals surface area (Å²) >= 11 is 0. The Morgan fingerprint density at radius 1 is 1.16 bits per heavy atom. The summed E-state index contributed by atoms with van der Waals surface area (Å²) in [6.07, 6.45) is -2.32. The first-order chi connectivity index (χ1) is 11.8. The molecule has 4 nitrogen and oxygen atoms in total. The smallest absolute Gasteiger partial charge is 0.416 e. The van der Waals surface area contributed by atoms with Crippen LogP contribution >= 0.6 is 0 Å². The molecular formula is C18H16F3N2O2+. The third-order valence-electron chi connectivity index (χ3n) is 3.95. The number of alkyl halides is 3. The SMILES string of the molecule is CCC[n+]1c(O)c(-c2cccc(C(F)(F)F)c2)c(=O)n2ccccc21. The molecule has 0 saturated heterocycles. The summed E-state index contributed by atoms with van der Waals surface area (Å²) in [6, 6.07) is 9.47. The van der Waals surface area contributed by atoms with Gasteiger partial charge in [-0.1, -0.05) is 25.1 Å². The van der Waals surface area contributed by atoms with Crippen LogP contribution < -0.4 is 10.1 Å². The van der Waals surface area contributed by atoms with Crippen molar-refractivity contribution in [2.24, 2.45) is 0 Å². The van der Waals surface area contributed by atoms with Gasteiger partial charge in [-0.25, -0.2) is 4.79 Å². The second-order valence-electron chi connectivity index (χ2n) is 5.66. The summed E-state index contributed by atoms with van der Waals surface area (Å²) in [4.78, 5) is 12.8. The molecule has 2 aromatic heterocycles. The van der Waals surface area contributed by atoms with E-state index < -0.39 is 17.3 Å². The predicted molar refractivity (Wildman–Crippen MR) is 86.3 cm³/mol. The maximum Gasteiger partial charge on any atom is 0.416 e. The zero-order chi connectivity index (χ0) is 18.2. The van der Waals surface area contributed by atoms with Crippen LogP contribution in [-0.2, 0) is 12.7 Å². The predicted octanol–water partition coefficient (Wildman–Crippen LogP) is 3.39. The lowest BCUT2D eigenvalue weighted by Gasteiger charge is -2.11. The Bertz CT molecular complexity index is 994. The highest BCUT2D eigenvalue weighted by molar-refractivity contribution is 5.68. The van der Waals surface area contributed by atoms with E-state index in [9.17, 15) is 23.1 Å². The van der Waals surface area contributed by atoms with Gasteiger partial charge < -0.3 is 5.11 Å². The van der Waals surface area contributed by atoms with Crippen LogP contribution in [0.5, 0.6) is 5.88 Å². The highest BCUT2D eigenvalue weighted by atomic mass is 19.4.